The van der Waals surface area contributed by atoms with Crippen LogP contribution >= 0.6 is 11.8 Å². The van der Waals surface area contributed by atoms with Crippen LogP contribution in [0.15, 0.2) is 47.4 Å². The molecule has 2 aromatic carbocycles. The van der Waals surface area contributed by atoms with Crippen LogP contribution < -0.4 is 10.1 Å². The number of imide groups is 1. The average Bonchev–Trinajstić information content (AvgIpc) is 3.16. The lowest BCUT2D eigenvalue weighted by Gasteiger charge is -2.57. The number of anilines is 1. The summed E-state index contributed by atoms with van der Waals surface area (Å²) < 4.78 is 5.94. The Morgan fingerprint density at radius 3 is 2.30 bits per heavy atom. The molecule has 7 heteroatoms. The second-order valence-electron chi connectivity index (χ2n) is 12.5. The van der Waals surface area contributed by atoms with Gasteiger partial charge in [0.25, 0.3) is 11.1 Å². The highest BCUT2D eigenvalue weighted by Gasteiger charge is 2.51. The molecule has 4 bridgehead atoms. The third kappa shape index (κ3) is 5.20. The zero-order chi connectivity index (χ0) is 28.0. The topological polar surface area (TPSA) is 75.7 Å². The number of hydrogen-bond acceptors (Lipinski definition) is 5. The Bertz CT molecular complexity index is 1330. The summed E-state index contributed by atoms with van der Waals surface area (Å²) in [6.07, 6.45) is 9.67. The van der Waals surface area contributed by atoms with Gasteiger partial charge in [0.15, 0.2) is 0 Å². The molecular weight excluding hydrogens is 520 g/mol. The fourth-order valence-electron chi connectivity index (χ4n) is 7.82. The summed E-state index contributed by atoms with van der Waals surface area (Å²) >= 11 is 0.885. The summed E-state index contributed by atoms with van der Waals surface area (Å²) in [4.78, 5) is 40.2. The molecule has 1 saturated heterocycles. The van der Waals surface area contributed by atoms with Crippen molar-refractivity contribution in [1.29, 1.82) is 0 Å². The van der Waals surface area contributed by atoms with Crippen LogP contribution in [0.1, 0.15) is 81.9 Å². The van der Waals surface area contributed by atoms with Crippen LogP contribution in [-0.2, 0) is 15.0 Å². The van der Waals surface area contributed by atoms with Crippen LogP contribution in [0.2, 0.25) is 0 Å². The SMILES string of the molecule is CCOc1ccc(C23CC4CC(CC(C4)C2)C3)cc1/C=C1/SC(=O)N(CC(=O)Nc2ccc(C(C)C)cc2)C1=O. The lowest BCUT2D eigenvalue weighted by molar-refractivity contribution is -0.127. The fraction of sp³-hybridized carbons (Fsp3) is 0.485. The minimum absolute atomic E-state index is 0.215. The molecule has 5 fully saturated rings. The van der Waals surface area contributed by atoms with Crippen LogP contribution in [-0.4, -0.2) is 35.1 Å². The number of thioether (sulfide) groups is 1. The fourth-order valence-corrected chi connectivity index (χ4v) is 8.64. The smallest absolute Gasteiger partial charge is 0.294 e. The molecule has 0 aromatic heterocycles. The number of hydrogen-bond donors (Lipinski definition) is 1. The molecule has 4 saturated carbocycles. The molecule has 1 N–H and O–H groups in total. The molecule has 0 atom stereocenters. The van der Waals surface area contributed by atoms with Gasteiger partial charge in [-0.3, -0.25) is 19.3 Å². The summed E-state index contributed by atoms with van der Waals surface area (Å²) in [6.45, 7) is 6.35. The van der Waals surface area contributed by atoms with Gasteiger partial charge in [0.2, 0.25) is 5.91 Å². The minimum Gasteiger partial charge on any atom is -0.493 e. The molecule has 210 valence electrons. The van der Waals surface area contributed by atoms with Gasteiger partial charge in [-0.15, -0.1) is 0 Å². The maximum absolute atomic E-state index is 13.3. The van der Waals surface area contributed by atoms with E-state index >= 15 is 0 Å². The number of amides is 3. The minimum atomic E-state index is -0.442. The van der Waals surface area contributed by atoms with Crippen molar-refractivity contribution in [3.63, 3.8) is 0 Å². The zero-order valence-corrected chi connectivity index (χ0v) is 24.4. The largest absolute Gasteiger partial charge is 0.493 e. The Kier molecular flexibility index (Phi) is 7.28. The van der Waals surface area contributed by atoms with Gasteiger partial charge in [0, 0.05) is 11.3 Å². The first-order chi connectivity index (χ1) is 19.2. The quantitative estimate of drug-likeness (QED) is 0.343. The van der Waals surface area contributed by atoms with E-state index in [9.17, 15) is 14.4 Å². The van der Waals surface area contributed by atoms with Crippen molar-refractivity contribution < 1.29 is 19.1 Å². The molecule has 40 heavy (non-hydrogen) atoms. The molecular formula is C33H38N2O4S. The highest BCUT2D eigenvalue weighted by atomic mass is 32.2. The molecule has 3 amide bonds. The maximum Gasteiger partial charge on any atom is 0.294 e. The Morgan fingerprint density at radius 2 is 1.70 bits per heavy atom. The molecule has 1 aliphatic heterocycles. The number of nitrogens with zero attached hydrogens (tertiary/aromatic N) is 1. The predicted octanol–water partition coefficient (Wildman–Crippen LogP) is 7.35. The third-order valence-electron chi connectivity index (χ3n) is 9.28. The van der Waals surface area contributed by atoms with Crippen molar-refractivity contribution >= 4 is 40.6 Å². The Hall–Kier alpha value is -3.06. The van der Waals surface area contributed by atoms with E-state index in [0.29, 0.717) is 28.9 Å². The highest BCUT2D eigenvalue weighted by Crippen LogP contribution is 2.61. The highest BCUT2D eigenvalue weighted by molar-refractivity contribution is 8.18. The molecule has 5 aliphatic rings. The second kappa shape index (κ2) is 10.7. The van der Waals surface area contributed by atoms with Gasteiger partial charge in [0.1, 0.15) is 12.3 Å². The van der Waals surface area contributed by atoms with Crippen molar-refractivity contribution in [2.75, 3.05) is 18.5 Å². The van der Waals surface area contributed by atoms with Crippen molar-refractivity contribution in [3.8, 4) is 5.75 Å². The van der Waals surface area contributed by atoms with Crippen molar-refractivity contribution in [1.82, 2.24) is 4.90 Å². The first-order valence-corrected chi connectivity index (χ1v) is 15.5. The van der Waals surface area contributed by atoms with Crippen molar-refractivity contribution in [3.05, 3.63) is 64.1 Å². The summed E-state index contributed by atoms with van der Waals surface area (Å²) in [5.74, 6) is 2.75. The van der Waals surface area contributed by atoms with Gasteiger partial charge in [0.05, 0.1) is 11.5 Å². The number of ether oxygens (including phenoxy) is 1. The maximum atomic E-state index is 13.3. The number of rotatable bonds is 8. The lowest BCUT2D eigenvalue weighted by atomic mass is 9.48. The van der Waals surface area contributed by atoms with Gasteiger partial charge >= 0.3 is 0 Å². The number of carbonyl (C=O) groups is 3. The van der Waals surface area contributed by atoms with E-state index in [1.54, 1.807) is 6.08 Å². The number of nitrogens with one attached hydrogen (secondary N) is 1. The molecule has 2 aromatic rings. The lowest BCUT2D eigenvalue weighted by Crippen LogP contribution is -2.48. The Morgan fingerprint density at radius 1 is 1.05 bits per heavy atom. The van der Waals surface area contributed by atoms with Gasteiger partial charge < -0.3 is 10.1 Å². The zero-order valence-electron chi connectivity index (χ0n) is 23.6. The van der Waals surface area contributed by atoms with Crippen molar-refractivity contribution in [2.45, 2.75) is 70.6 Å². The molecule has 7 rings (SSSR count). The van der Waals surface area contributed by atoms with E-state index in [1.165, 1.54) is 49.7 Å². The summed E-state index contributed by atoms with van der Waals surface area (Å²) in [6, 6.07) is 14.1. The van der Waals surface area contributed by atoms with E-state index in [4.69, 9.17) is 4.74 Å². The van der Waals surface area contributed by atoms with Crippen molar-refractivity contribution in [2.24, 2.45) is 17.8 Å². The molecule has 1 heterocycles. The molecule has 6 nitrogen and oxygen atoms in total. The average molecular weight is 559 g/mol. The van der Waals surface area contributed by atoms with Gasteiger partial charge in [-0.1, -0.05) is 32.0 Å². The van der Waals surface area contributed by atoms with E-state index in [0.717, 1.165) is 40.0 Å². The summed E-state index contributed by atoms with van der Waals surface area (Å²) in [7, 11) is 0. The first kappa shape index (κ1) is 27.1. The third-order valence-corrected chi connectivity index (χ3v) is 10.2. The predicted molar refractivity (Wildman–Crippen MR) is 159 cm³/mol. The summed E-state index contributed by atoms with van der Waals surface area (Å²) in [5, 5.41) is 2.37. The molecule has 0 radical (unpaired) electrons. The van der Waals surface area contributed by atoms with Crippen LogP contribution in [0, 0.1) is 17.8 Å². The normalized spacial score (nSPS) is 28.1. The van der Waals surface area contributed by atoms with E-state index in [2.05, 4.69) is 31.3 Å². The van der Waals surface area contributed by atoms with Crippen LogP contribution in [0.5, 0.6) is 5.75 Å². The van der Waals surface area contributed by atoms with E-state index in [-0.39, 0.29) is 12.0 Å². The standard InChI is InChI=1S/C33H38N2O4S/c1-4-39-28-10-7-26(33-16-21-11-22(17-33)13-23(12-21)18-33)14-25(28)15-29-31(37)35(32(38)40-29)19-30(36)34-27-8-5-24(6-9-27)20(2)3/h5-10,14-15,20-23H,4,11-13,16-19H2,1-3H3,(H,34,36)/b29-15+. The van der Waals surface area contributed by atoms with Crippen LogP contribution in [0.25, 0.3) is 6.08 Å². The summed E-state index contributed by atoms with van der Waals surface area (Å²) in [5.41, 5.74) is 4.19. The van der Waals surface area contributed by atoms with Gasteiger partial charge in [-0.25, -0.2) is 0 Å². The second-order valence-corrected chi connectivity index (χ2v) is 13.5. The Labute approximate surface area is 240 Å². The number of carbonyl (C=O) groups excluding carboxylic acids is 3. The Balaban J connectivity index is 1.20. The van der Waals surface area contributed by atoms with E-state index < -0.39 is 17.1 Å². The van der Waals surface area contributed by atoms with Crippen LogP contribution in [0.3, 0.4) is 0 Å². The monoisotopic (exact) mass is 558 g/mol. The molecule has 0 spiro atoms. The van der Waals surface area contributed by atoms with Gasteiger partial charge in [-0.05, 0) is 128 Å². The molecule has 4 aliphatic carbocycles. The molecule has 0 unspecified atom stereocenters. The number of benzene rings is 2. The van der Waals surface area contributed by atoms with E-state index in [1.807, 2.05) is 37.3 Å². The van der Waals surface area contributed by atoms with Gasteiger partial charge in [-0.2, -0.15) is 0 Å². The van der Waals surface area contributed by atoms with Crippen LogP contribution in [0.4, 0.5) is 10.5 Å². The first-order valence-electron chi connectivity index (χ1n) is 14.7.